The Morgan fingerprint density at radius 1 is 1.27 bits per heavy atom. The monoisotopic (exact) mass is 355 g/mol. The molecule has 1 atom stereocenters. The number of amides is 1. The lowest BCUT2D eigenvalue weighted by Gasteiger charge is -2.34. The van der Waals surface area contributed by atoms with Crippen molar-refractivity contribution in [2.24, 2.45) is 5.92 Å². The predicted molar refractivity (Wildman–Crippen MR) is 99.7 cm³/mol. The minimum absolute atomic E-state index is 0.138. The lowest BCUT2D eigenvalue weighted by atomic mass is 9.95. The summed E-state index contributed by atoms with van der Waals surface area (Å²) in [6, 6.07) is 11.3. The van der Waals surface area contributed by atoms with Crippen molar-refractivity contribution in [3.05, 3.63) is 54.4 Å². The van der Waals surface area contributed by atoms with Gasteiger partial charge in [-0.05, 0) is 49.6 Å². The van der Waals surface area contributed by atoms with E-state index in [-0.39, 0.29) is 11.8 Å². The quantitative estimate of drug-likeness (QED) is 0.806. The summed E-state index contributed by atoms with van der Waals surface area (Å²) >= 11 is 0. The van der Waals surface area contributed by atoms with Crippen LogP contribution >= 0.6 is 0 Å². The van der Waals surface area contributed by atoms with Crippen LogP contribution in [0.25, 0.3) is 0 Å². The van der Waals surface area contributed by atoms with E-state index >= 15 is 0 Å². The van der Waals surface area contributed by atoms with Crippen LogP contribution in [0.15, 0.2) is 48.8 Å². The predicted octanol–water partition coefficient (Wildman–Crippen LogP) is 2.47. The van der Waals surface area contributed by atoms with E-state index in [1.807, 2.05) is 37.3 Å². The highest BCUT2D eigenvalue weighted by atomic mass is 16.6. The van der Waals surface area contributed by atoms with E-state index in [0.717, 1.165) is 37.2 Å². The first-order chi connectivity index (χ1) is 12.4. The fourth-order valence-electron chi connectivity index (χ4n) is 3.22. The Labute approximate surface area is 153 Å². The molecule has 1 aromatic heterocycles. The van der Waals surface area contributed by atoms with Gasteiger partial charge in [0, 0.05) is 44.0 Å². The van der Waals surface area contributed by atoms with Crippen molar-refractivity contribution in [2.45, 2.75) is 32.6 Å². The van der Waals surface area contributed by atoms with Crippen LogP contribution in [-0.2, 0) is 4.79 Å². The Kier molecular flexibility index (Phi) is 5.42. The molecule has 2 N–H and O–H groups in total. The Morgan fingerprint density at radius 2 is 1.96 bits per heavy atom. The van der Waals surface area contributed by atoms with Gasteiger partial charge in [0.15, 0.2) is 0 Å². The first-order valence-electron chi connectivity index (χ1n) is 8.88. The highest BCUT2D eigenvalue weighted by Gasteiger charge is 2.31. The highest BCUT2D eigenvalue weighted by molar-refractivity contribution is 5.79. The fraction of sp³-hybridized carbons (Fsp3) is 0.400. The molecule has 0 bridgehead atoms. The van der Waals surface area contributed by atoms with Gasteiger partial charge in [0.05, 0.1) is 0 Å². The smallest absolute Gasteiger partial charge is 0.288 e. The summed E-state index contributed by atoms with van der Waals surface area (Å²) in [7, 11) is 0. The summed E-state index contributed by atoms with van der Waals surface area (Å²) in [6.45, 7) is 4.97. The summed E-state index contributed by atoms with van der Waals surface area (Å²) in [5.41, 5.74) is 2.14. The number of benzene rings is 1. The summed E-state index contributed by atoms with van der Waals surface area (Å²) in [4.78, 5) is 18.8. The van der Waals surface area contributed by atoms with Gasteiger partial charge >= 0.3 is 0 Å². The van der Waals surface area contributed by atoms with E-state index in [1.165, 1.54) is 6.92 Å². The van der Waals surface area contributed by atoms with Crippen LogP contribution in [0.2, 0.25) is 0 Å². The second-order valence-corrected chi connectivity index (χ2v) is 6.86. The molecular formula is C20H25N3O3. The zero-order valence-electron chi connectivity index (χ0n) is 15.2. The number of pyridine rings is 1. The van der Waals surface area contributed by atoms with Gasteiger partial charge in [-0.15, -0.1) is 0 Å². The van der Waals surface area contributed by atoms with Crippen molar-refractivity contribution in [1.29, 1.82) is 0 Å². The molecule has 0 spiro atoms. The number of piperidine rings is 1. The van der Waals surface area contributed by atoms with Crippen LogP contribution in [0, 0.1) is 12.8 Å². The Morgan fingerprint density at radius 3 is 2.62 bits per heavy atom. The zero-order chi connectivity index (χ0) is 18.6. The molecule has 0 aliphatic carbocycles. The van der Waals surface area contributed by atoms with E-state index in [0.29, 0.717) is 5.75 Å². The first kappa shape index (κ1) is 18.2. The van der Waals surface area contributed by atoms with Gasteiger partial charge in [0.2, 0.25) is 5.91 Å². The molecule has 0 saturated carbocycles. The summed E-state index contributed by atoms with van der Waals surface area (Å²) in [5, 5.41) is 13.0. The van der Waals surface area contributed by atoms with Crippen molar-refractivity contribution in [3.63, 3.8) is 0 Å². The third kappa shape index (κ3) is 4.73. The second-order valence-electron chi connectivity index (χ2n) is 6.86. The van der Waals surface area contributed by atoms with Crippen LogP contribution in [0.3, 0.4) is 0 Å². The molecule has 1 aliphatic rings. The van der Waals surface area contributed by atoms with Crippen molar-refractivity contribution < 1.29 is 14.6 Å². The normalized spacial score (nSPS) is 17.4. The number of aryl methyl sites for hydroxylation is 1. The van der Waals surface area contributed by atoms with Crippen molar-refractivity contribution in [1.82, 2.24) is 10.3 Å². The number of hydrogen-bond donors (Lipinski definition) is 2. The van der Waals surface area contributed by atoms with E-state index in [2.05, 4.69) is 15.2 Å². The van der Waals surface area contributed by atoms with E-state index in [9.17, 15) is 9.90 Å². The molecule has 0 radical (unpaired) electrons. The largest absolute Gasteiger partial charge is 0.445 e. The standard InChI is InChI=1S/C20H25N3O3/c1-15-4-3-5-18(14-15)26-20(2,25)22-19(24)16-8-12-23(13-9-16)17-6-10-21-11-7-17/h3-7,10-11,14,16,25H,8-9,12-13H2,1-2H3,(H,22,24). The third-order valence-corrected chi connectivity index (χ3v) is 4.55. The molecule has 1 aromatic carbocycles. The third-order valence-electron chi connectivity index (χ3n) is 4.55. The lowest BCUT2D eigenvalue weighted by Crippen LogP contribution is -2.53. The molecule has 1 unspecified atom stereocenters. The molecule has 1 fully saturated rings. The van der Waals surface area contributed by atoms with Crippen molar-refractivity contribution in [2.75, 3.05) is 18.0 Å². The maximum absolute atomic E-state index is 12.5. The molecule has 26 heavy (non-hydrogen) atoms. The number of ether oxygens (including phenoxy) is 1. The number of nitrogens with zero attached hydrogens (tertiary/aromatic N) is 2. The second kappa shape index (κ2) is 7.74. The number of hydrogen-bond acceptors (Lipinski definition) is 5. The molecular weight excluding hydrogens is 330 g/mol. The van der Waals surface area contributed by atoms with Crippen LogP contribution in [0.4, 0.5) is 5.69 Å². The molecule has 1 aliphatic heterocycles. The fourth-order valence-corrected chi connectivity index (χ4v) is 3.22. The molecule has 2 heterocycles. The van der Waals surface area contributed by atoms with E-state index in [1.54, 1.807) is 18.5 Å². The van der Waals surface area contributed by atoms with Crippen LogP contribution < -0.4 is 15.0 Å². The molecule has 2 aromatic rings. The Balaban J connectivity index is 1.53. The van der Waals surface area contributed by atoms with Crippen molar-refractivity contribution >= 4 is 11.6 Å². The average molecular weight is 355 g/mol. The number of rotatable bonds is 5. The Bertz CT molecular complexity index is 741. The lowest BCUT2D eigenvalue weighted by molar-refractivity contribution is -0.166. The summed E-state index contributed by atoms with van der Waals surface area (Å²) in [5.74, 6) is -1.55. The molecule has 6 nitrogen and oxygen atoms in total. The minimum Gasteiger partial charge on any atom is -0.445 e. The number of carbonyl (C=O) groups excluding carboxylic acids is 1. The van der Waals surface area contributed by atoms with E-state index in [4.69, 9.17) is 4.74 Å². The minimum atomic E-state index is -1.74. The average Bonchev–Trinajstić information content (AvgIpc) is 2.62. The molecule has 1 saturated heterocycles. The van der Waals surface area contributed by atoms with E-state index < -0.39 is 5.91 Å². The summed E-state index contributed by atoms with van der Waals surface area (Å²) < 4.78 is 5.54. The van der Waals surface area contributed by atoms with Crippen molar-refractivity contribution in [3.8, 4) is 5.75 Å². The highest BCUT2D eigenvalue weighted by Crippen LogP contribution is 2.24. The van der Waals surface area contributed by atoms with Gasteiger partial charge in [-0.1, -0.05) is 12.1 Å². The van der Waals surface area contributed by atoms with Gasteiger partial charge in [-0.2, -0.15) is 0 Å². The maximum Gasteiger partial charge on any atom is 0.288 e. The van der Waals surface area contributed by atoms with Crippen LogP contribution in [0.5, 0.6) is 5.75 Å². The zero-order valence-corrected chi connectivity index (χ0v) is 15.2. The van der Waals surface area contributed by atoms with Gasteiger partial charge in [-0.25, -0.2) is 0 Å². The Hall–Kier alpha value is -2.60. The summed E-state index contributed by atoms with van der Waals surface area (Å²) in [6.07, 6.45) is 5.01. The number of carbonyl (C=O) groups is 1. The maximum atomic E-state index is 12.5. The molecule has 1 amide bonds. The SMILES string of the molecule is Cc1cccc(OC(C)(O)NC(=O)C2CCN(c3ccncc3)CC2)c1. The van der Waals surface area contributed by atoms with Gasteiger partial charge < -0.3 is 14.7 Å². The molecule has 6 heteroatoms. The van der Waals surface area contributed by atoms with Crippen LogP contribution in [0.1, 0.15) is 25.3 Å². The van der Waals surface area contributed by atoms with Gasteiger partial charge in [0.1, 0.15) is 5.75 Å². The number of anilines is 1. The molecule has 3 rings (SSSR count). The number of nitrogens with one attached hydrogen (secondary N) is 1. The topological polar surface area (TPSA) is 74.7 Å². The number of aliphatic hydroxyl groups is 1. The molecule has 138 valence electrons. The first-order valence-corrected chi connectivity index (χ1v) is 8.88. The van der Waals surface area contributed by atoms with Crippen LogP contribution in [-0.4, -0.2) is 35.0 Å². The van der Waals surface area contributed by atoms with Gasteiger partial charge in [0.25, 0.3) is 5.91 Å². The van der Waals surface area contributed by atoms with Gasteiger partial charge in [-0.3, -0.25) is 15.1 Å². The number of aromatic nitrogens is 1.